The SMILES string of the molecule is CN(CCNCC(F)(F)F)C1CCCC1. The van der Waals surface area contributed by atoms with E-state index in [2.05, 4.69) is 10.2 Å². The molecule has 0 aromatic heterocycles. The molecule has 1 aliphatic carbocycles. The van der Waals surface area contributed by atoms with Crippen LogP contribution >= 0.6 is 0 Å². The van der Waals surface area contributed by atoms with E-state index in [0.29, 0.717) is 19.1 Å². The first-order valence-electron chi connectivity index (χ1n) is 5.47. The fourth-order valence-electron chi connectivity index (χ4n) is 2.01. The van der Waals surface area contributed by atoms with Gasteiger partial charge in [-0.3, -0.25) is 0 Å². The molecule has 0 bridgehead atoms. The normalized spacial score (nSPS) is 19.0. The fraction of sp³-hybridized carbons (Fsp3) is 1.00. The number of nitrogens with one attached hydrogen (secondary N) is 1. The van der Waals surface area contributed by atoms with Crippen LogP contribution in [0.3, 0.4) is 0 Å². The van der Waals surface area contributed by atoms with E-state index in [1.54, 1.807) is 0 Å². The number of hydrogen-bond acceptors (Lipinski definition) is 2. The van der Waals surface area contributed by atoms with Gasteiger partial charge in [-0.1, -0.05) is 12.8 Å². The zero-order valence-corrected chi connectivity index (χ0v) is 9.11. The maximum absolute atomic E-state index is 11.8. The van der Waals surface area contributed by atoms with Gasteiger partial charge >= 0.3 is 6.18 Å². The Morgan fingerprint density at radius 1 is 1.27 bits per heavy atom. The molecule has 0 heterocycles. The van der Waals surface area contributed by atoms with Crippen molar-refractivity contribution in [1.82, 2.24) is 10.2 Å². The maximum Gasteiger partial charge on any atom is 0.401 e. The molecular weight excluding hydrogens is 205 g/mol. The van der Waals surface area contributed by atoms with Crippen LogP contribution < -0.4 is 5.32 Å². The number of alkyl halides is 3. The summed E-state index contributed by atoms with van der Waals surface area (Å²) in [6.07, 6.45) is 0.799. The van der Waals surface area contributed by atoms with Crippen molar-refractivity contribution in [2.24, 2.45) is 0 Å². The van der Waals surface area contributed by atoms with E-state index in [-0.39, 0.29) is 0 Å². The van der Waals surface area contributed by atoms with Crippen LogP contribution in [0, 0.1) is 0 Å². The molecule has 1 aliphatic rings. The van der Waals surface area contributed by atoms with Crippen LogP contribution in [0.2, 0.25) is 0 Å². The van der Waals surface area contributed by atoms with Crippen molar-refractivity contribution in [3.63, 3.8) is 0 Å². The van der Waals surface area contributed by atoms with Crippen molar-refractivity contribution >= 4 is 0 Å². The van der Waals surface area contributed by atoms with E-state index in [4.69, 9.17) is 0 Å². The molecule has 0 atom stereocenters. The Morgan fingerprint density at radius 3 is 2.40 bits per heavy atom. The van der Waals surface area contributed by atoms with Crippen LogP contribution in [0.1, 0.15) is 25.7 Å². The molecule has 15 heavy (non-hydrogen) atoms. The van der Waals surface area contributed by atoms with Crippen molar-refractivity contribution in [3.05, 3.63) is 0 Å². The molecule has 90 valence electrons. The lowest BCUT2D eigenvalue weighted by Crippen LogP contribution is -2.38. The molecule has 1 N–H and O–H groups in total. The lowest BCUT2D eigenvalue weighted by molar-refractivity contribution is -0.124. The monoisotopic (exact) mass is 224 g/mol. The van der Waals surface area contributed by atoms with Crippen molar-refractivity contribution in [1.29, 1.82) is 0 Å². The highest BCUT2D eigenvalue weighted by Crippen LogP contribution is 2.21. The van der Waals surface area contributed by atoms with Crippen molar-refractivity contribution in [2.75, 3.05) is 26.7 Å². The van der Waals surface area contributed by atoms with Crippen LogP contribution in [0.5, 0.6) is 0 Å². The van der Waals surface area contributed by atoms with Crippen LogP contribution in [0.4, 0.5) is 13.2 Å². The second kappa shape index (κ2) is 5.70. The minimum atomic E-state index is -4.09. The minimum absolute atomic E-state index is 0.409. The lowest BCUT2D eigenvalue weighted by Gasteiger charge is -2.24. The molecule has 1 fully saturated rings. The topological polar surface area (TPSA) is 15.3 Å². The van der Waals surface area contributed by atoms with E-state index in [0.717, 1.165) is 0 Å². The number of nitrogens with zero attached hydrogens (tertiary/aromatic N) is 1. The molecule has 0 spiro atoms. The first-order chi connectivity index (χ1) is 6.99. The summed E-state index contributed by atoms with van der Waals surface area (Å²) in [7, 11) is 1.99. The smallest absolute Gasteiger partial charge is 0.307 e. The second-order valence-electron chi connectivity index (χ2n) is 4.21. The Balaban J connectivity index is 2.04. The molecule has 0 unspecified atom stereocenters. The van der Waals surface area contributed by atoms with E-state index in [1.165, 1.54) is 25.7 Å². The van der Waals surface area contributed by atoms with Gasteiger partial charge in [-0.2, -0.15) is 13.2 Å². The highest BCUT2D eigenvalue weighted by Gasteiger charge is 2.26. The van der Waals surface area contributed by atoms with Gasteiger partial charge in [0.15, 0.2) is 0 Å². The fourth-order valence-corrected chi connectivity index (χ4v) is 2.01. The van der Waals surface area contributed by atoms with E-state index in [9.17, 15) is 13.2 Å². The third kappa shape index (κ3) is 5.37. The average molecular weight is 224 g/mol. The average Bonchev–Trinajstić information content (AvgIpc) is 2.63. The molecule has 1 saturated carbocycles. The quantitative estimate of drug-likeness (QED) is 0.719. The largest absolute Gasteiger partial charge is 0.401 e. The molecule has 0 aromatic carbocycles. The standard InChI is InChI=1S/C10H19F3N2/c1-15(9-4-2-3-5-9)7-6-14-8-10(11,12)13/h9,14H,2-8H2,1H3. The van der Waals surface area contributed by atoms with E-state index >= 15 is 0 Å². The van der Waals surface area contributed by atoms with Gasteiger partial charge in [0.05, 0.1) is 6.54 Å². The molecule has 2 nitrogen and oxygen atoms in total. The summed E-state index contributed by atoms with van der Waals surface area (Å²) in [5.74, 6) is 0. The zero-order chi connectivity index (χ0) is 11.3. The summed E-state index contributed by atoms with van der Waals surface area (Å²) in [5, 5.41) is 2.41. The Labute approximate surface area is 88.8 Å². The van der Waals surface area contributed by atoms with Gasteiger partial charge in [0, 0.05) is 19.1 Å². The van der Waals surface area contributed by atoms with Crippen molar-refractivity contribution in [2.45, 2.75) is 37.9 Å². The van der Waals surface area contributed by atoms with Crippen LogP contribution in [0.15, 0.2) is 0 Å². The summed E-state index contributed by atoms with van der Waals surface area (Å²) >= 11 is 0. The van der Waals surface area contributed by atoms with Crippen LogP contribution in [-0.4, -0.2) is 43.8 Å². The van der Waals surface area contributed by atoms with Crippen LogP contribution in [-0.2, 0) is 0 Å². The Bertz CT molecular complexity index is 176. The molecule has 0 aromatic rings. The van der Waals surface area contributed by atoms with Gasteiger partial charge in [0.25, 0.3) is 0 Å². The molecule has 1 rings (SSSR count). The van der Waals surface area contributed by atoms with Gasteiger partial charge in [-0.05, 0) is 19.9 Å². The highest BCUT2D eigenvalue weighted by molar-refractivity contribution is 4.75. The Kier molecular flexibility index (Phi) is 4.86. The first-order valence-corrected chi connectivity index (χ1v) is 5.47. The minimum Gasteiger partial charge on any atom is -0.307 e. The lowest BCUT2D eigenvalue weighted by atomic mass is 10.2. The zero-order valence-electron chi connectivity index (χ0n) is 9.11. The summed E-state index contributed by atoms with van der Waals surface area (Å²) in [4.78, 5) is 2.16. The molecule has 5 heteroatoms. The highest BCUT2D eigenvalue weighted by atomic mass is 19.4. The number of rotatable bonds is 5. The second-order valence-corrected chi connectivity index (χ2v) is 4.21. The first kappa shape index (κ1) is 12.8. The van der Waals surface area contributed by atoms with E-state index in [1.807, 2.05) is 7.05 Å². The van der Waals surface area contributed by atoms with Crippen LogP contribution in [0.25, 0.3) is 0 Å². The number of halogens is 3. The maximum atomic E-state index is 11.8. The van der Waals surface area contributed by atoms with Crippen molar-refractivity contribution in [3.8, 4) is 0 Å². The third-order valence-corrected chi connectivity index (χ3v) is 2.91. The Hall–Kier alpha value is -0.290. The number of hydrogen-bond donors (Lipinski definition) is 1. The van der Waals surface area contributed by atoms with E-state index < -0.39 is 12.7 Å². The number of likely N-dealkylation sites (N-methyl/N-ethyl adjacent to an activating group) is 1. The predicted molar refractivity (Wildman–Crippen MR) is 53.8 cm³/mol. The molecular formula is C10H19F3N2. The predicted octanol–water partition coefficient (Wildman–Crippen LogP) is 2.01. The third-order valence-electron chi connectivity index (χ3n) is 2.91. The van der Waals surface area contributed by atoms with Gasteiger partial charge in [0.1, 0.15) is 0 Å². The molecule has 0 amide bonds. The summed E-state index contributed by atoms with van der Waals surface area (Å²) < 4.78 is 35.4. The summed E-state index contributed by atoms with van der Waals surface area (Å²) in [6, 6.07) is 0.581. The Morgan fingerprint density at radius 2 is 1.87 bits per heavy atom. The van der Waals surface area contributed by atoms with Gasteiger partial charge in [0.2, 0.25) is 0 Å². The molecule has 0 saturated heterocycles. The van der Waals surface area contributed by atoms with Gasteiger partial charge in [-0.15, -0.1) is 0 Å². The molecule has 0 radical (unpaired) electrons. The molecule has 0 aliphatic heterocycles. The van der Waals surface area contributed by atoms with Gasteiger partial charge < -0.3 is 10.2 Å². The summed E-state index contributed by atoms with van der Waals surface area (Å²) in [6.45, 7) is 0.221. The van der Waals surface area contributed by atoms with Gasteiger partial charge in [-0.25, -0.2) is 0 Å². The van der Waals surface area contributed by atoms with Crippen molar-refractivity contribution < 1.29 is 13.2 Å². The summed E-state index contributed by atoms with van der Waals surface area (Å²) in [5.41, 5.74) is 0.